The van der Waals surface area contributed by atoms with Crippen LogP contribution in [0.4, 0.5) is 23.0 Å². The molecule has 0 amide bonds. The minimum absolute atomic E-state index is 0.0602. The fourth-order valence-electron chi connectivity index (χ4n) is 3.12. The van der Waals surface area contributed by atoms with E-state index in [1.54, 1.807) is 17.4 Å². The smallest absolute Gasteiger partial charge is 0.240 e. The van der Waals surface area contributed by atoms with Crippen LogP contribution in [0.1, 0.15) is 5.01 Å². The Morgan fingerprint density at radius 1 is 0.909 bits per heavy atom. The van der Waals surface area contributed by atoms with Crippen LogP contribution < -0.4 is 15.4 Å². The van der Waals surface area contributed by atoms with Gasteiger partial charge in [0.1, 0.15) is 18.0 Å². The zero-order valence-corrected chi connectivity index (χ0v) is 20.3. The second-order valence-corrected chi connectivity index (χ2v) is 12.2. The normalized spacial score (nSPS) is 12.1. The molecule has 0 unspecified atom stereocenters. The number of aromatic nitrogens is 3. The molecule has 2 heterocycles. The minimum Gasteiger partial charge on any atom is -0.340 e. The van der Waals surface area contributed by atoms with Crippen LogP contribution in [0.5, 0.6) is 0 Å². The largest absolute Gasteiger partial charge is 0.340 e. The monoisotopic (exact) mass is 504 g/mol. The quantitative estimate of drug-likeness (QED) is 0.346. The second kappa shape index (κ2) is 8.67. The number of benzene rings is 2. The van der Waals surface area contributed by atoms with E-state index >= 15 is 0 Å². The Labute approximate surface area is 195 Å². The van der Waals surface area contributed by atoms with Crippen molar-refractivity contribution >= 4 is 64.4 Å². The number of hydrogen-bond donors (Lipinski definition) is 3. The van der Waals surface area contributed by atoms with E-state index in [0.717, 1.165) is 27.2 Å². The molecule has 0 spiro atoms. The third-order valence-corrected chi connectivity index (χ3v) is 8.15. The third-order valence-electron chi connectivity index (χ3n) is 4.63. The highest BCUT2D eigenvalue weighted by Crippen LogP contribution is 2.29. The summed E-state index contributed by atoms with van der Waals surface area (Å²) in [5, 5.41) is 7.04. The molecular weight excluding hydrogens is 484 g/mol. The molecule has 4 rings (SSSR count). The number of nitrogens with zero attached hydrogens (tertiary/aromatic N) is 3. The number of rotatable bonds is 7. The number of sulfone groups is 1. The van der Waals surface area contributed by atoms with Crippen molar-refractivity contribution in [3.63, 3.8) is 0 Å². The molecule has 4 aromatic rings. The fourth-order valence-corrected chi connectivity index (χ4v) is 5.50. The van der Waals surface area contributed by atoms with Gasteiger partial charge in [-0.15, -0.1) is 11.3 Å². The predicted molar refractivity (Wildman–Crippen MR) is 129 cm³/mol. The van der Waals surface area contributed by atoms with E-state index in [-0.39, 0.29) is 21.3 Å². The van der Waals surface area contributed by atoms with Gasteiger partial charge in [-0.1, -0.05) is 0 Å². The molecular formula is C20H20N6O4S3. The van der Waals surface area contributed by atoms with Crippen molar-refractivity contribution in [2.75, 3.05) is 23.9 Å². The average molecular weight is 505 g/mol. The lowest BCUT2D eigenvalue weighted by molar-refractivity contribution is 0.587. The van der Waals surface area contributed by atoms with Crippen LogP contribution >= 0.6 is 11.3 Å². The summed E-state index contributed by atoms with van der Waals surface area (Å²) in [7, 11) is -6.14. The number of hydrogen-bond acceptors (Lipinski definition) is 10. The molecule has 0 fully saturated rings. The van der Waals surface area contributed by atoms with Gasteiger partial charge in [-0.3, -0.25) is 0 Å². The lowest BCUT2D eigenvalue weighted by Gasteiger charge is -2.13. The highest BCUT2D eigenvalue weighted by atomic mass is 32.2. The van der Waals surface area contributed by atoms with Crippen molar-refractivity contribution in [3.05, 3.63) is 53.8 Å². The van der Waals surface area contributed by atoms with E-state index in [2.05, 4.69) is 30.3 Å². The average Bonchev–Trinajstić information content (AvgIpc) is 3.12. The molecule has 0 saturated carbocycles. The summed E-state index contributed by atoms with van der Waals surface area (Å²) >= 11 is 1.61. The predicted octanol–water partition coefficient (Wildman–Crippen LogP) is 3.19. The summed E-state index contributed by atoms with van der Waals surface area (Å²) in [4.78, 5) is 12.7. The molecule has 0 aliphatic rings. The van der Waals surface area contributed by atoms with Crippen molar-refractivity contribution in [1.29, 1.82) is 0 Å². The Kier molecular flexibility index (Phi) is 6.05. The van der Waals surface area contributed by atoms with E-state index in [1.807, 2.05) is 25.1 Å². The lowest BCUT2D eigenvalue weighted by atomic mass is 10.3. The summed E-state index contributed by atoms with van der Waals surface area (Å²) in [5.41, 5.74) is 1.73. The third kappa shape index (κ3) is 5.11. The van der Waals surface area contributed by atoms with Gasteiger partial charge in [-0.2, -0.15) is 0 Å². The van der Waals surface area contributed by atoms with Crippen molar-refractivity contribution in [3.8, 4) is 0 Å². The van der Waals surface area contributed by atoms with Crippen LogP contribution in [0.3, 0.4) is 0 Å². The van der Waals surface area contributed by atoms with Gasteiger partial charge in [0.15, 0.2) is 9.84 Å². The van der Waals surface area contributed by atoms with Crippen LogP contribution in [0.2, 0.25) is 0 Å². The Bertz CT molecular complexity index is 1570. The van der Waals surface area contributed by atoms with Gasteiger partial charge in [0.25, 0.3) is 0 Å². The van der Waals surface area contributed by atoms with E-state index in [9.17, 15) is 16.8 Å². The maximum Gasteiger partial charge on any atom is 0.240 e. The molecule has 2 aromatic carbocycles. The first kappa shape index (κ1) is 23.0. The maximum absolute atomic E-state index is 12.2. The van der Waals surface area contributed by atoms with Crippen molar-refractivity contribution < 1.29 is 16.8 Å². The number of anilines is 4. The summed E-state index contributed by atoms with van der Waals surface area (Å²) in [5.74, 6) is 0.737. The van der Waals surface area contributed by atoms with Gasteiger partial charge in [-0.05, 0) is 50.4 Å². The summed E-state index contributed by atoms with van der Waals surface area (Å²) in [6.07, 6.45) is 2.35. The first-order chi connectivity index (χ1) is 15.5. The molecule has 3 N–H and O–H groups in total. The van der Waals surface area contributed by atoms with Crippen LogP contribution in [0.15, 0.2) is 58.6 Å². The SMILES string of the molecule is CNS(=O)(=O)c1ccc(S(C)(=O)=O)c(Nc2cc(Nc3ccc4sc(C)nc4c3)ncn2)c1. The summed E-state index contributed by atoms with van der Waals surface area (Å²) in [6, 6.07) is 11.1. The molecule has 0 aliphatic heterocycles. The Morgan fingerprint density at radius 2 is 1.64 bits per heavy atom. The Morgan fingerprint density at radius 3 is 2.33 bits per heavy atom. The van der Waals surface area contributed by atoms with Crippen LogP contribution in [0.25, 0.3) is 10.2 Å². The summed E-state index contributed by atoms with van der Waals surface area (Å²) in [6.45, 7) is 1.95. The standard InChI is InChI=1S/C20H20N6O4S3/c1-12-24-15-8-13(4-6-17(15)31-12)25-19-10-20(23-11-22-19)26-16-9-14(33(29,30)21-2)5-7-18(16)32(3,27)28/h4-11,21H,1-3H3,(H2,22,23,25,26). The van der Waals surface area contributed by atoms with E-state index < -0.39 is 19.9 Å². The van der Waals surface area contributed by atoms with E-state index in [4.69, 9.17) is 0 Å². The minimum atomic E-state index is -3.78. The van der Waals surface area contributed by atoms with Crippen LogP contribution in [-0.2, 0) is 19.9 Å². The second-order valence-electron chi connectivity index (χ2n) is 7.09. The van der Waals surface area contributed by atoms with Gasteiger partial charge >= 0.3 is 0 Å². The van der Waals surface area contributed by atoms with Gasteiger partial charge in [0.2, 0.25) is 10.0 Å². The highest BCUT2D eigenvalue weighted by molar-refractivity contribution is 7.91. The van der Waals surface area contributed by atoms with Crippen LogP contribution in [-0.4, -0.2) is 45.1 Å². The van der Waals surface area contributed by atoms with E-state index in [1.165, 1.54) is 31.6 Å². The molecule has 10 nitrogen and oxygen atoms in total. The Balaban J connectivity index is 1.66. The Hall–Kier alpha value is -3.13. The van der Waals surface area contributed by atoms with Crippen molar-refractivity contribution in [2.45, 2.75) is 16.7 Å². The molecule has 0 saturated heterocycles. The van der Waals surface area contributed by atoms with Gasteiger partial charge in [0, 0.05) is 18.0 Å². The number of thiazole rings is 1. The molecule has 0 bridgehead atoms. The molecule has 0 radical (unpaired) electrons. The van der Waals surface area contributed by atoms with E-state index in [0.29, 0.717) is 5.82 Å². The van der Waals surface area contributed by atoms with Gasteiger partial charge in [-0.25, -0.2) is 36.5 Å². The number of aryl methyl sites for hydroxylation is 1. The molecule has 13 heteroatoms. The maximum atomic E-state index is 12.2. The fraction of sp³-hybridized carbons (Fsp3) is 0.150. The topological polar surface area (TPSA) is 143 Å². The van der Waals surface area contributed by atoms with Gasteiger partial charge in [0.05, 0.1) is 30.7 Å². The first-order valence-corrected chi connectivity index (χ1v) is 13.8. The first-order valence-electron chi connectivity index (χ1n) is 9.56. The van der Waals surface area contributed by atoms with Crippen LogP contribution in [0, 0.1) is 6.92 Å². The number of nitrogens with one attached hydrogen (secondary N) is 3. The molecule has 0 aliphatic carbocycles. The van der Waals surface area contributed by atoms with Crippen molar-refractivity contribution in [1.82, 2.24) is 19.7 Å². The zero-order valence-electron chi connectivity index (χ0n) is 17.8. The number of fused-ring (bicyclic) bond motifs is 1. The van der Waals surface area contributed by atoms with Crippen molar-refractivity contribution in [2.24, 2.45) is 0 Å². The molecule has 2 aromatic heterocycles. The lowest BCUT2D eigenvalue weighted by Crippen LogP contribution is -2.19. The number of sulfonamides is 1. The zero-order chi connectivity index (χ0) is 23.8. The summed E-state index contributed by atoms with van der Waals surface area (Å²) < 4.78 is 52.1. The van der Waals surface area contributed by atoms with Gasteiger partial charge < -0.3 is 10.6 Å². The molecule has 33 heavy (non-hydrogen) atoms. The highest BCUT2D eigenvalue weighted by Gasteiger charge is 2.19. The molecule has 0 atom stereocenters. The molecule has 172 valence electrons.